The third kappa shape index (κ3) is 4.05. The molecule has 0 aliphatic heterocycles. The van der Waals surface area contributed by atoms with Gasteiger partial charge in [0.25, 0.3) is 0 Å². The molecule has 0 unspecified atom stereocenters. The van der Waals surface area contributed by atoms with Crippen LogP contribution < -0.4 is 0 Å². The second-order valence-electron chi connectivity index (χ2n) is 4.32. The van der Waals surface area contributed by atoms with Gasteiger partial charge >= 0.3 is 0 Å². The van der Waals surface area contributed by atoms with Crippen molar-refractivity contribution in [3.8, 4) is 0 Å². The van der Waals surface area contributed by atoms with Crippen LogP contribution in [-0.4, -0.2) is 19.9 Å². The first-order chi connectivity index (χ1) is 10.1. The topological polar surface area (TPSA) is 34.1 Å². The van der Waals surface area contributed by atoms with Gasteiger partial charge in [-0.05, 0) is 47.9 Å². The van der Waals surface area contributed by atoms with E-state index in [9.17, 15) is 8.42 Å². The second-order valence-corrected chi connectivity index (χ2v) is 8.94. The van der Waals surface area contributed by atoms with E-state index >= 15 is 0 Å². The zero-order valence-electron chi connectivity index (χ0n) is 12.1. The van der Waals surface area contributed by atoms with Crippen molar-refractivity contribution in [2.75, 3.05) is 11.5 Å². The highest BCUT2D eigenvalue weighted by Gasteiger charge is 2.18. The number of hydrogen-bond acceptors (Lipinski definition) is 4. The summed E-state index contributed by atoms with van der Waals surface area (Å²) in [5, 5.41) is 0. The van der Waals surface area contributed by atoms with Crippen molar-refractivity contribution in [3.05, 3.63) is 48.5 Å². The van der Waals surface area contributed by atoms with Crippen molar-refractivity contribution in [2.45, 2.75) is 33.4 Å². The Morgan fingerprint density at radius 1 is 0.810 bits per heavy atom. The SMILES string of the molecule is CCSc1cccc(S(=O)(=O)c2cccc(SCC)c2)c1. The van der Waals surface area contributed by atoms with Gasteiger partial charge in [-0.15, -0.1) is 23.5 Å². The van der Waals surface area contributed by atoms with E-state index in [0.29, 0.717) is 9.79 Å². The Morgan fingerprint density at radius 3 is 1.62 bits per heavy atom. The lowest BCUT2D eigenvalue weighted by atomic mass is 10.4. The van der Waals surface area contributed by atoms with Gasteiger partial charge in [-0.2, -0.15) is 0 Å². The molecule has 5 heteroatoms. The Bertz CT molecular complexity index is 653. The van der Waals surface area contributed by atoms with E-state index in [4.69, 9.17) is 0 Å². The van der Waals surface area contributed by atoms with Crippen LogP contribution in [0.4, 0.5) is 0 Å². The summed E-state index contributed by atoms with van der Waals surface area (Å²) in [7, 11) is -3.45. The lowest BCUT2D eigenvalue weighted by Crippen LogP contribution is -2.02. The molecule has 0 aromatic heterocycles. The molecule has 2 aromatic carbocycles. The molecule has 112 valence electrons. The normalized spacial score (nSPS) is 11.5. The third-order valence-corrected chi connectivity index (χ3v) is 6.35. The molecule has 0 heterocycles. The summed E-state index contributed by atoms with van der Waals surface area (Å²) in [6, 6.07) is 14.3. The maximum absolute atomic E-state index is 12.7. The molecule has 0 saturated heterocycles. The highest BCUT2D eigenvalue weighted by atomic mass is 32.2. The van der Waals surface area contributed by atoms with Gasteiger partial charge in [0.1, 0.15) is 0 Å². The second kappa shape index (κ2) is 7.38. The van der Waals surface area contributed by atoms with Crippen LogP contribution in [0.25, 0.3) is 0 Å². The largest absolute Gasteiger partial charge is 0.219 e. The van der Waals surface area contributed by atoms with Crippen LogP contribution >= 0.6 is 23.5 Å². The summed E-state index contributed by atoms with van der Waals surface area (Å²) in [4.78, 5) is 2.69. The average molecular weight is 339 g/mol. The first kappa shape index (κ1) is 16.5. The summed E-state index contributed by atoms with van der Waals surface area (Å²) < 4.78 is 25.5. The van der Waals surface area contributed by atoms with Crippen LogP contribution in [0.3, 0.4) is 0 Å². The molecule has 2 nitrogen and oxygen atoms in total. The van der Waals surface area contributed by atoms with E-state index < -0.39 is 9.84 Å². The Labute approximate surface area is 135 Å². The number of hydrogen-bond donors (Lipinski definition) is 0. The van der Waals surface area contributed by atoms with E-state index in [1.165, 1.54) is 0 Å². The fourth-order valence-electron chi connectivity index (χ4n) is 1.93. The van der Waals surface area contributed by atoms with E-state index in [1.807, 2.05) is 12.1 Å². The summed E-state index contributed by atoms with van der Waals surface area (Å²) in [6.07, 6.45) is 0. The van der Waals surface area contributed by atoms with Crippen LogP contribution in [0.15, 0.2) is 68.1 Å². The number of benzene rings is 2. The molecular weight excluding hydrogens is 320 g/mol. The molecule has 2 aromatic rings. The molecule has 0 spiro atoms. The Balaban J connectivity index is 2.41. The van der Waals surface area contributed by atoms with Gasteiger partial charge in [-0.25, -0.2) is 8.42 Å². The zero-order valence-corrected chi connectivity index (χ0v) is 14.5. The van der Waals surface area contributed by atoms with Gasteiger partial charge in [0.15, 0.2) is 0 Å². The van der Waals surface area contributed by atoms with Crippen molar-refractivity contribution in [1.82, 2.24) is 0 Å². The third-order valence-electron chi connectivity index (χ3n) is 2.85. The maximum Gasteiger partial charge on any atom is 0.206 e. The molecule has 0 saturated carbocycles. The first-order valence-electron chi connectivity index (χ1n) is 6.78. The van der Waals surface area contributed by atoms with Gasteiger partial charge in [-0.1, -0.05) is 26.0 Å². The van der Waals surface area contributed by atoms with Crippen molar-refractivity contribution in [1.29, 1.82) is 0 Å². The van der Waals surface area contributed by atoms with Crippen LogP contribution in [0.5, 0.6) is 0 Å². The van der Waals surface area contributed by atoms with E-state index in [-0.39, 0.29) is 0 Å². The molecule has 0 N–H and O–H groups in total. The van der Waals surface area contributed by atoms with Gasteiger partial charge in [-0.3, -0.25) is 0 Å². The highest BCUT2D eigenvalue weighted by Crippen LogP contribution is 2.28. The van der Waals surface area contributed by atoms with Crippen molar-refractivity contribution in [2.24, 2.45) is 0 Å². The van der Waals surface area contributed by atoms with E-state index in [0.717, 1.165) is 21.3 Å². The molecule has 0 atom stereocenters. The van der Waals surface area contributed by atoms with E-state index in [2.05, 4.69) is 13.8 Å². The molecule has 0 aliphatic carbocycles. The van der Waals surface area contributed by atoms with Gasteiger partial charge in [0.2, 0.25) is 9.84 Å². The summed E-state index contributed by atoms with van der Waals surface area (Å²) >= 11 is 3.29. The number of thioether (sulfide) groups is 2. The molecular formula is C16H18O2S3. The van der Waals surface area contributed by atoms with Gasteiger partial charge < -0.3 is 0 Å². The molecule has 0 bridgehead atoms. The quantitative estimate of drug-likeness (QED) is 0.712. The fourth-order valence-corrected chi connectivity index (χ4v) is 4.87. The number of sulfone groups is 1. The monoisotopic (exact) mass is 338 g/mol. The first-order valence-corrected chi connectivity index (χ1v) is 10.2. The summed E-state index contributed by atoms with van der Waals surface area (Å²) in [6.45, 7) is 4.11. The standard InChI is InChI=1S/C16H18O2S3/c1-3-19-13-7-5-9-15(11-13)21(17,18)16-10-6-8-14(12-16)20-4-2/h5-12H,3-4H2,1-2H3. The maximum atomic E-state index is 12.7. The molecule has 0 aliphatic rings. The molecule has 2 rings (SSSR count). The predicted molar refractivity (Wildman–Crippen MR) is 91.1 cm³/mol. The van der Waals surface area contributed by atoms with Crippen molar-refractivity contribution in [3.63, 3.8) is 0 Å². The number of rotatable bonds is 6. The van der Waals surface area contributed by atoms with Crippen LogP contribution in [0, 0.1) is 0 Å². The predicted octanol–water partition coefficient (Wildman–Crippen LogP) is 4.74. The van der Waals surface area contributed by atoms with Crippen LogP contribution in [0.1, 0.15) is 13.8 Å². The highest BCUT2D eigenvalue weighted by molar-refractivity contribution is 7.99. The Kier molecular flexibility index (Phi) is 5.79. The van der Waals surface area contributed by atoms with Crippen LogP contribution in [-0.2, 0) is 9.84 Å². The zero-order chi connectivity index (χ0) is 15.3. The molecule has 21 heavy (non-hydrogen) atoms. The van der Waals surface area contributed by atoms with Gasteiger partial charge in [0, 0.05) is 9.79 Å². The minimum atomic E-state index is -3.45. The lowest BCUT2D eigenvalue weighted by Gasteiger charge is -2.08. The van der Waals surface area contributed by atoms with Crippen molar-refractivity contribution < 1.29 is 8.42 Å². The average Bonchev–Trinajstić information content (AvgIpc) is 2.48. The molecule has 0 amide bonds. The van der Waals surface area contributed by atoms with Gasteiger partial charge in [0.05, 0.1) is 9.79 Å². The smallest absolute Gasteiger partial charge is 0.206 e. The Hall–Kier alpha value is -0.910. The molecule has 0 fully saturated rings. The fraction of sp³-hybridized carbons (Fsp3) is 0.250. The lowest BCUT2D eigenvalue weighted by molar-refractivity contribution is 0.595. The minimum absolute atomic E-state index is 0.361. The minimum Gasteiger partial charge on any atom is -0.219 e. The molecule has 0 radical (unpaired) electrons. The summed E-state index contributed by atoms with van der Waals surface area (Å²) in [5.74, 6) is 1.85. The van der Waals surface area contributed by atoms with Crippen LogP contribution in [0.2, 0.25) is 0 Å². The Morgan fingerprint density at radius 2 is 1.24 bits per heavy atom. The van der Waals surface area contributed by atoms with Crippen molar-refractivity contribution >= 4 is 33.4 Å². The van der Waals surface area contributed by atoms with E-state index in [1.54, 1.807) is 59.9 Å². The summed E-state index contributed by atoms with van der Waals surface area (Å²) in [5.41, 5.74) is 0.